The molecule has 2 rings (SSSR count). The molecule has 1 amide bonds. The summed E-state index contributed by atoms with van der Waals surface area (Å²) in [6.07, 6.45) is 1.53. The Labute approximate surface area is 112 Å². The van der Waals surface area contributed by atoms with Crippen LogP contribution in [0.2, 0.25) is 0 Å². The molecular weight excluding hydrogens is 299 g/mol. The molecular formula is C13H10BrFN2O. The molecule has 2 aromatic rings. The Morgan fingerprint density at radius 1 is 1.39 bits per heavy atom. The number of carbonyl (C=O) groups excluding carboxylic acids is 1. The molecule has 0 saturated heterocycles. The van der Waals surface area contributed by atoms with Crippen molar-refractivity contribution in [2.24, 2.45) is 0 Å². The fourth-order valence-corrected chi connectivity index (χ4v) is 1.92. The second kappa shape index (κ2) is 5.27. The molecule has 92 valence electrons. The molecule has 1 N–H and O–H groups in total. The van der Waals surface area contributed by atoms with Crippen molar-refractivity contribution < 1.29 is 9.18 Å². The third-order valence-corrected chi connectivity index (χ3v) is 3.02. The molecule has 1 heterocycles. The third-order valence-electron chi connectivity index (χ3n) is 2.41. The van der Waals surface area contributed by atoms with Crippen molar-refractivity contribution in [2.75, 3.05) is 5.32 Å². The second-order valence-corrected chi connectivity index (χ2v) is 4.60. The third kappa shape index (κ3) is 2.73. The Hall–Kier alpha value is -1.75. The number of aromatic nitrogens is 1. The van der Waals surface area contributed by atoms with Crippen molar-refractivity contribution in [3.8, 4) is 0 Å². The molecule has 0 spiro atoms. The largest absolute Gasteiger partial charge is 0.320 e. The van der Waals surface area contributed by atoms with Crippen molar-refractivity contribution in [3.63, 3.8) is 0 Å². The van der Waals surface area contributed by atoms with Gasteiger partial charge >= 0.3 is 0 Å². The number of halogens is 2. The van der Waals surface area contributed by atoms with Crippen LogP contribution in [-0.2, 0) is 0 Å². The summed E-state index contributed by atoms with van der Waals surface area (Å²) in [6, 6.07) is 7.93. The fraction of sp³-hybridized carbons (Fsp3) is 0.0769. The van der Waals surface area contributed by atoms with E-state index in [0.29, 0.717) is 15.9 Å². The molecule has 0 saturated carbocycles. The van der Waals surface area contributed by atoms with Crippen LogP contribution in [0.3, 0.4) is 0 Å². The Balaban J connectivity index is 2.25. The number of rotatable bonds is 2. The molecule has 1 aromatic heterocycles. The molecule has 3 nitrogen and oxygen atoms in total. The zero-order valence-corrected chi connectivity index (χ0v) is 11.2. The van der Waals surface area contributed by atoms with Gasteiger partial charge in [0.15, 0.2) is 0 Å². The lowest BCUT2D eigenvalue weighted by Gasteiger charge is -2.09. The first kappa shape index (κ1) is 12.7. The monoisotopic (exact) mass is 308 g/mol. The van der Waals surface area contributed by atoms with Gasteiger partial charge in [0.05, 0.1) is 4.47 Å². The van der Waals surface area contributed by atoms with Crippen LogP contribution < -0.4 is 5.32 Å². The lowest BCUT2D eigenvalue weighted by Crippen LogP contribution is -2.14. The van der Waals surface area contributed by atoms with Crippen molar-refractivity contribution in [2.45, 2.75) is 6.92 Å². The molecule has 0 radical (unpaired) electrons. The normalized spacial score (nSPS) is 10.2. The Morgan fingerprint density at radius 2 is 2.17 bits per heavy atom. The summed E-state index contributed by atoms with van der Waals surface area (Å²) in [5.74, 6) is -0.780. The van der Waals surface area contributed by atoms with E-state index in [4.69, 9.17) is 0 Å². The average Bonchev–Trinajstić information content (AvgIpc) is 2.37. The summed E-state index contributed by atoms with van der Waals surface area (Å²) in [5, 5.41) is 2.63. The minimum atomic E-state index is -0.420. The first-order valence-electron chi connectivity index (χ1n) is 5.26. The molecule has 5 heteroatoms. The zero-order valence-electron chi connectivity index (χ0n) is 9.58. The van der Waals surface area contributed by atoms with Crippen LogP contribution in [0.5, 0.6) is 0 Å². The smallest absolute Gasteiger partial charge is 0.274 e. The van der Waals surface area contributed by atoms with Crippen LogP contribution in [-0.4, -0.2) is 10.9 Å². The van der Waals surface area contributed by atoms with Gasteiger partial charge in [0, 0.05) is 11.9 Å². The Morgan fingerprint density at radius 3 is 2.83 bits per heavy atom. The van der Waals surface area contributed by atoms with E-state index >= 15 is 0 Å². The molecule has 0 atom stereocenters. The number of hydrogen-bond donors (Lipinski definition) is 1. The van der Waals surface area contributed by atoms with Gasteiger partial charge in [-0.3, -0.25) is 9.78 Å². The van der Waals surface area contributed by atoms with E-state index < -0.39 is 5.82 Å². The van der Waals surface area contributed by atoms with E-state index in [1.54, 1.807) is 31.2 Å². The summed E-state index contributed by atoms with van der Waals surface area (Å²) in [6.45, 7) is 1.79. The molecule has 0 unspecified atom stereocenters. The highest BCUT2D eigenvalue weighted by molar-refractivity contribution is 9.10. The number of benzene rings is 1. The number of aryl methyl sites for hydroxylation is 1. The average molecular weight is 309 g/mol. The summed E-state index contributed by atoms with van der Waals surface area (Å²) in [7, 11) is 0. The maximum absolute atomic E-state index is 13.4. The van der Waals surface area contributed by atoms with Crippen LogP contribution in [0.15, 0.2) is 41.0 Å². The summed E-state index contributed by atoms with van der Waals surface area (Å²) in [4.78, 5) is 15.8. The van der Waals surface area contributed by atoms with Crippen molar-refractivity contribution in [1.82, 2.24) is 4.98 Å². The van der Waals surface area contributed by atoms with Gasteiger partial charge in [-0.1, -0.05) is 6.07 Å². The minimum absolute atomic E-state index is 0.292. The van der Waals surface area contributed by atoms with E-state index in [9.17, 15) is 9.18 Å². The summed E-state index contributed by atoms with van der Waals surface area (Å²) in [5.41, 5.74) is 1.50. The predicted octanol–water partition coefficient (Wildman–Crippen LogP) is 3.54. The first-order chi connectivity index (χ1) is 8.58. The van der Waals surface area contributed by atoms with E-state index in [2.05, 4.69) is 26.2 Å². The number of amides is 1. The highest BCUT2D eigenvalue weighted by Crippen LogP contribution is 2.24. The van der Waals surface area contributed by atoms with Crippen LogP contribution in [0.1, 0.15) is 16.1 Å². The van der Waals surface area contributed by atoms with E-state index in [1.807, 2.05) is 0 Å². The van der Waals surface area contributed by atoms with Crippen LogP contribution in [0.4, 0.5) is 10.1 Å². The number of pyridine rings is 1. The van der Waals surface area contributed by atoms with Crippen LogP contribution >= 0.6 is 15.9 Å². The molecule has 0 aliphatic carbocycles. The number of nitrogens with one attached hydrogen (secondary N) is 1. The van der Waals surface area contributed by atoms with E-state index in [-0.39, 0.29) is 5.91 Å². The lowest BCUT2D eigenvalue weighted by molar-refractivity contribution is 0.102. The first-order valence-corrected chi connectivity index (χ1v) is 6.05. The fourth-order valence-electron chi connectivity index (χ4n) is 1.46. The van der Waals surface area contributed by atoms with Gasteiger partial charge in [0.25, 0.3) is 5.91 Å². The predicted molar refractivity (Wildman–Crippen MR) is 71.0 cm³/mol. The van der Waals surface area contributed by atoms with Crippen molar-refractivity contribution >= 4 is 27.5 Å². The maximum Gasteiger partial charge on any atom is 0.274 e. The van der Waals surface area contributed by atoms with Crippen molar-refractivity contribution in [1.29, 1.82) is 0 Å². The maximum atomic E-state index is 13.4. The summed E-state index contributed by atoms with van der Waals surface area (Å²) < 4.78 is 13.8. The van der Waals surface area contributed by atoms with Gasteiger partial charge in [0.1, 0.15) is 11.5 Å². The SMILES string of the molecule is Cc1cc(Br)c(F)cc1NC(=O)c1ccccn1. The van der Waals surface area contributed by atoms with Gasteiger partial charge in [-0.2, -0.15) is 0 Å². The van der Waals surface area contributed by atoms with Gasteiger partial charge in [0.2, 0.25) is 0 Å². The zero-order chi connectivity index (χ0) is 13.1. The number of hydrogen-bond acceptors (Lipinski definition) is 2. The van der Waals surface area contributed by atoms with Gasteiger partial charge in [-0.05, 0) is 52.7 Å². The number of anilines is 1. The molecule has 0 aliphatic rings. The minimum Gasteiger partial charge on any atom is -0.320 e. The molecule has 0 aliphatic heterocycles. The van der Waals surface area contributed by atoms with E-state index in [1.165, 1.54) is 12.3 Å². The Bertz CT molecular complexity index is 587. The van der Waals surface area contributed by atoms with Crippen molar-refractivity contribution in [3.05, 3.63) is 58.1 Å². The highest BCUT2D eigenvalue weighted by atomic mass is 79.9. The quantitative estimate of drug-likeness (QED) is 0.922. The number of nitrogens with zero attached hydrogens (tertiary/aromatic N) is 1. The number of carbonyl (C=O) groups is 1. The van der Waals surface area contributed by atoms with Crippen LogP contribution in [0.25, 0.3) is 0 Å². The molecule has 0 fully saturated rings. The van der Waals surface area contributed by atoms with Crippen LogP contribution in [0, 0.1) is 12.7 Å². The standard InChI is InChI=1S/C13H10BrFN2O/c1-8-6-9(14)10(15)7-12(8)17-13(18)11-4-2-3-5-16-11/h2-7H,1H3,(H,17,18). The highest BCUT2D eigenvalue weighted by Gasteiger charge is 2.10. The lowest BCUT2D eigenvalue weighted by atomic mass is 10.2. The van der Waals surface area contributed by atoms with Gasteiger partial charge in [-0.25, -0.2) is 4.39 Å². The summed E-state index contributed by atoms with van der Waals surface area (Å²) >= 11 is 3.09. The van der Waals surface area contributed by atoms with Gasteiger partial charge in [-0.15, -0.1) is 0 Å². The molecule has 18 heavy (non-hydrogen) atoms. The Kier molecular flexibility index (Phi) is 3.72. The molecule has 1 aromatic carbocycles. The van der Waals surface area contributed by atoms with Gasteiger partial charge < -0.3 is 5.32 Å². The van der Waals surface area contributed by atoms with E-state index in [0.717, 1.165) is 5.56 Å². The second-order valence-electron chi connectivity index (χ2n) is 3.75. The topological polar surface area (TPSA) is 42.0 Å². The molecule has 0 bridgehead atoms.